The van der Waals surface area contributed by atoms with E-state index in [9.17, 15) is 9.59 Å². The Balaban J connectivity index is 1.34. The summed E-state index contributed by atoms with van der Waals surface area (Å²) < 4.78 is 5.90. The molecule has 0 unspecified atom stereocenters. The Hall–Kier alpha value is -4.12. The lowest BCUT2D eigenvalue weighted by Crippen LogP contribution is -2.55. The molecular formula is C26H25N5O3. The Kier molecular flexibility index (Phi) is 5.76. The van der Waals surface area contributed by atoms with Gasteiger partial charge in [-0.05, 0) is 43.2 Å². The first-order chi connectivity index (χ1) is 16.5. The lowest BCUT2D eigenvalue weighted by atomic mass is 10.1. The molecule has 34 heavy (non-hydrogen) atoms. The molecule has 1 saturated carbocycles. The quantitative estimate of drug-likeness (QED) is 0.574. The van der Waals surface area contributed by atoms with Crippen LogP contribution in [0.1, 0.15) is 30.9 Å². The fourth-order valence-electron chi connectivity index (χ4n) is 3.79. The summed E-state index contributed by atoms with van der Waals surface area (Å²) in [5.74, 6) is 8.55. The molecule has 3 heterocycles. The molecule has 5 rings (SSSR count). The van der Waals surface area contributed by atoms with Crippen molar-refractivity contribution in [2.24, 2.45) is 5.92 Å². The molecule has 0 spiro atoms. The van der Waals surface area contributed by atoms with Gasteiger partial charge in [0.1, 0.15) is 23.5 Å². The number of rotatable bonds is 5. The minimum absolute atomic E-state index is 0.0144. The van der Waals surface area contributed by atoms with E-state index in [0.717, 1.165) is 40.5 Å². The lowest BCUT2D eigenvalue weighted by Gasteiger charge is -2.38. The highest BCUT2D eigenvalue weighted by molar-refractivity contribution is 5.99. The summed E-state index contributed by atoms with van der Waals surface area (Å²) in [6, 6.07) is 9.43. The van der Waals surface area contributed by atoms with Crippen molar-refractivity contribution >= 4 is 34.2 Å². The maximum Gasteiger partial charge on any atom is 0.228 e. The molecule has 1 aliphatic heterocycles. The van der Waals surface area contributed by atoms with Gasteiger partial charge in [-0.1, -0.05) is 11.8 Å². The molecule has 8 heteroatoms. The highest BCUT2D eigenvalue weighted by atomic mass is 16.5. The van der Waals surface area contributed by atoms with Crippen LogP contribution in [0.25, 0.3) is 10.8 Å². The fourth-order valence-corrected chi connectivity index (χ4v) is 3.79. The first kappa shape index (κ1) is 21.7. The van der Waals surface area contributed by atoms with Crippen molar-refractivity contribution in [1.29, 1.82) is 0 Å². The molecule has 2 aromatic heterocycles. The summed E-state index contributed by atoms with van der Waals surface area (Å²) in [4.78, 5) is 34.1. The maximum atomic E-state index is 12.2. The number of anilines is 2. The molecule has 1 aromatic carbocycles. The summed E-state index contributed by atoms with van der Waals surface area (Å²) in [7, 11) is 1.81. The second-order valence-electron chi connectivity index (χ2n) is 8.59. The third-order valence-corrected chi connectivity index (χ3v) is 6.00. The molecule has 2 aliphatic rings. The smallest absolute Gasteiger partial charge is 0.228 e. The van der Waals surface area contributed by atoms with Crippen LogP contribution in [0, 0.1) is 17.8 Å². The summed E-state index contributed by atoms with van der Waals surface area (Å²) in [5, 5.41) is 7.68. The summed E-state index contributed by atoms with van der Waals surface area (Å²) in [6.45, 7) is 2.81. The molecule has 8 nitrogen and oxygen atoms in total. The number of pyridine rings is 2. The number of likely N-dealkylation sites (tertiary alicyclic amines) is 1. The van der Waals surface area contributed by atoms with Gasteiger partial charge in [-0.15, -0.1) is 0 Å². The van der Waals surface area contributed by atoms with Crippen LogP contribution in [0.5, 0.6) is 5.75 Å². The van der Waals surface area contributed by atoms with E-state index in [1.54, 1.807) is 31.3 Å². The number of nitrogens with zero attached hydrogens (tertiary/aromatic N) is 3. The Morgan fingerprint density at radius 2 is 1.82 bits per heavy atom. The Labute approximate surface area is 197 Å². The molecule has 2 N–H and O–H groups in total. The number of amides is 2. The van der Waals surface area contributed by atoms with Gasteiger partial charge in [0.2, 0.25) is 11.8 Å². The van der Waals surface area contributed by atoms with Gasteiger partial charge in [0, 0.05) is 48.6 Å². The largest absolute Gasteiger partial charge is 0.487 e. The van der Waals surface area contributed by atoms with Crippen molar-refractivity contribution in [3.63, 3.8) is 0 Å². The number of hydrogen-bond donors (Lipinski definition) is 2. The van der Waals surface area contributed by atoms with E-state index < -0.39 is 0 Å². The first-order valence-corrected chi connectivity index (χ1v) is 11.3. The molecule has 1 saturated heterocycles. The van der Waals surface area contributed by atoms with Crippen LogP contribution in [0.15, 0.2) is 42.7 Å². The summed E-state index contributed by atoms with van der Waals surface area (Å²) >= 11 is 0. The third-order valence-electron chi connectivity index (χ3n) is 6.00. The van der Waals surface area contributed by atoms with Crippen molar-refractivity contribution in [3.8, 4) is 17.6 Å². The maximum absolute atomic E-state index is 12.2. The van der Waals surface area contributed by atoms with Gasteiger partial charge in [0.05, 0.1) is 18.7 Å². The van der Waals surface area contributed by atoms with Gasteiger partial charge >= 0.3 is 0 Å². The van der Waals surface area contributed by atoms with Crippen LogP contribution >= 0.6 is 0 Å². The second kappa shape index (κ2) is 9.02. The van der Waals surface area contributed by atoms with Crippen LogP contribution in [0.4, 0.5) is 11.6 Å². The van der Waals surface area contributed by atoms with E-state index in [0.29, 0.717) is 24.7 Å². The van der Waals surface area contributed by atoms with Gasteiger partial charge in [-0.3, -0.25) is 9.59 Å². The van der Waals surface area contributed by atoms with Gasteiger partial charge in [-0.25, -0.2) is 9.97 Å². The van der Waals surface area contributed by atoms with Crippen molar-refractivity contribution in [2.75, 3.05) is 30.8 Å². The van der Waals surface area contributed by atoms with E-state index in [1.165, 1.54) is 0 Å². The SMILES string of the molecule is CNc1ncc(C#Cc2ccc(OC3CN(C(C)=O)C3)cc2)c2cc(NC(=O)C3CC3)ncc12. The average Bonchev–Trinajstić information content (AvgIpc) is 3.65. The number of benzene rings is 1. The number of hydrogen-bond acceptors (Lipinski definition) is 6. The van der Waals surface area contributed by atoms with E-state index >= 15 is 0 Å². The van der Waals surface area contributed by atoms with Gasteiger partial charge in [-0.2, -0.15) is 0 Å². The van der Waals surface area contributed by atoms with Crippen LogP contribution in [-0.2, 0) is 9.59 Å². The molecule has 2 amide bonds. The number of aromatic nitrogens is 2. The molecule has 1 aliphatic carbocycles. The molecule has 172 valence electrons. The monoisotopic (exact) mass is 455 g/mol. The van der Waals surface area contributed by atoms with E-state index in [-0.39, 0.29) is 23.8 Å². The number of fused-ring (bicyclic) bond motifs is 1. The molecular weight excluding hydrogens is 430 g/mol. The predicted octanol–water partition coefficient (Wildman–Crippen LogP) is 3.03. The van der Waals surface area contributed by atoms with Gasteiger partial charge in [0.25, 0.3) is 0 Å². The molecule has 3 aromatic rings. The zero-order chi connectivity index (χ0) is 23.7. The summed E-state index contributed by atoms with van der Waals surface area (Å²) in [6.07, 6.45) is 5.34. The number of carbonyl (C=O) groups excluding carboxylic acids is 2. The van der Waals surface area contributed by atoms with E-state index in [4.69, 9.17) is 4.74 Å². The second-order valence-corrected chi connectivity index (χ2v) is 8.59. The third kappa shape index (κ3) is 4.64. The normalized spacial score (nSPS) is 15.2. The number of carbonyl (C=O) groups is 2. The van der Waals surface area contributed by atoms with Crippen LogP contribution in [0.2, 0.25) is 0 Å². The Morgan fingerprint density at radius 1 is 1.06 bits per heavy atom. The molecule has 0 radical (unpaired) electrons. The van der Waals surface area contributed by atoms with Gasteiger partial charge in [0.15, 0.2) is 0 Å². The van der Waals surface area contributed by atoms with Crippen molar-refractivity contribution in [2.45, 2.75) is 25.9 Å². The van der Waals surface area contributed by atoms with Crippen LogP contribution in [-0.4, -0.2) is 52.9 Å². The molecule has 0 bridgehead atoms. The zero-order valence-corrected chi connectivity index (χ0v) is 19.1. The Morgan fingerprint density at radius 3 is 2.50 bits per heavy atom. The highest BCUT2D eigenvalue weighted by Gasteiger charge is 2.30. The molecule has 0 atom stereocenters. The van der Waals surface area contributed by atoms with E-state index in [2.05, 4.69) is 32.4 Å². The standard InChI is InChI=1S/C26H25N5O3/c1-16(32)31-14-21(15-31)34-20-9-4-17(5-10-20)3-6-19-12-29-25(27-2)23-13-28-24(11-22(19)23)30-26(33)18-7-8-18/h4-5,9-13,18,21H,7-8,14-15H2,1-2H3,(H,27,29)(H,28,30,33). The van der Waals surface area contributed by atoms with E-state index in [1.807, 2.05) is 30.3 Å². The number of nitrogens with one attached hydrogen (secondary N) is 2. The minimum atomic E-state index is 0.0144. The van der Waals surface area contributed by atoms with Crippen molar-refractivity contribution in [1.82, 2.24) is 14.9 Å². The lowest BCUT2D eigenvalue weighted by molar-refractivity contribution is -0.137. The minimum Gasteiger partial charge on any atom is -0.487 e. The van der Waals surface area contributed by atoms with Crippen LogP contribution in [0.3, 0.4) is 0 Å². The first-order valence-electron chi connectivity index (χ1n) is 11.3. The predicted molar refractivity (Wildman–Crippen MR) is 130 cm³/mol. The highest BCUT2D eigenvalue weighted by Crippen LogP contribution is 2.31. The van der Waals surface area contributed by atoms with Gasteiger partial charge < -0.3 is 20.3 Å². The summed E-state index contributed by atoms with van der Waals surface area (Å²) in [5.41, 5.74) is 1.59. The van der Waals surface area contributed by atoms with Crippen LogP contribution < -0.4 is 15.4 Å². The Bertz CT molecular complexity index is 1320. The van der Waals surface area contributed by atoms with Crippen molar-refractivity contribution < 1.29 is 14.3 Å². The zero-order valence-electron chi connectivity index (χ0n) is 19.1. The average molecular weight is 456 g/mol. The topological polar surface area (TPSA) is 96.5 Å². The fraction of sp³-hybridized carbons (Fsp3) is 0.308. The number of ether oxygens (including phenoxy) is 1. The van der Waals surface area contributed by atoms with Crippen molar-refractivity contribution in [3.05, 3.63) is 53.9 Å². The molecule has 2 fully saturated rings.